The molecule has 2 rings (SSSR count). The third-order valence-electron chi connectivity index (χ3n) is 3.23. The fourth-order valence-electron chi connectivity index (χ4n) is 2.29. The van der Waals surface area contributed by atoms with Crippen LogP contribution in [0.5, 0.6) is 0 Å². The van der Waals surface area contributed by atoms with E-state index >= 15 is 0 Å². The van der Waals surface area contributed by atoms with E-state index in [0.717, 1.165) is 29.5 Å². The number of carbonyl (C=O) groups excluding carboxylic acids is 1. The van der Waals surface area contributed by atoms with Gasteiger partial charge in [-0.25, -0.2) is 0 Å². The van der Waals surface area contributed by atoms with Crippen LogP contribution >= 0.6 is 15.9 Å². The molecule has 0 aliphatic carbocycles. The number of fused-ring (bicyclic) bond motifs is 1. The number of anilines is 1. The second kappa shape index (κ2) is 5.67. The Morgan fingerprint density at radius 3 is 2.88 bits per heavy atom. The summed E-state index contributed by atoms with van der Waals surface area (Å²) in [6.45, 7) is 3.05. The Labute approximate surface area is 111 Å². The number of unbranched alkanes of at least 4 members (excludes halogenated alkanes) is 2. The van der Waals surface area contributed by atoms with E-state index in [0.29, 0.717) is 6.42 Å². The average molecular weight is 296 g/mol. The Bertz CT molecular complexity index is 417. The standard InChI is InChI=1S/C14H18BrNO/c1-2-3-4-9-16-13-7-6-12(15)10-11(13)5-8-14(16)17/h6-7,10H,2-5,8-9H2,1H3. The summed E-state index contributed by atoms with van der Waals surface area (Å²) in [4.78, 5) is 13.9. The predicted octanol–water partition coefficient (Wildman–Crippen LogP) is 3.92. The zero-order valence-corrected chi connectivity index (χ0v) is 11.8. The minimum Gasteiger partial charge on any atom is -0.312 e. The molecule has 1 heterocycles. The quantitative estimate of drug-likeness (QED) is 0.771. The van der Waals surface area contributed by atoms with E-state index < -0.39 is 0 Å². The molecule has 1 amide bonds. The van der Waals surface area contributed by atoms with Crippen molar-refractivity contribution < 1.29 is 4.79 Å². The molecule has 1 aromatic carbocycles. The maximum Gasteiger partial charge on any atom is 0.227 e. The molecule has 17 heavy (non-hydrogen) atoms. The first-order chi connectivity index (χ1) is 8.22. The summed E-state index contributed by atoms with van der Waals surface area (Å²) in [5, 5.41) is 0. The molecule has 0 saturated carbocycles. The fraction of sp³-hybridized carbons (Fsp3) is 0.500. The Morgan fingerprint density at radius 2 is 2.12 bits per heavy atom. The van der Waals surface area contributed by atoms with Crippen LogP contribution in [-0.4, -0.2) is 12.5 Å². The van der Waals surface area contributed by atoms with Crippen LogP contribution in [0.2, 0.25) is 0 Å². The van der Waals surface area contributed by atoms with Gasteiger partial charge in [-0.2, -0.15) is 0 Å². The van der Waals surface area contributed by atoms with Crippen molar-refractivity contribution in [3.05, 3.63) is 28.2 Å². The van der Waals surface area contributed by atoms with E-state index in [4.69, 9.17) is 0 Å². The Balaban J connectivity index is 2.18. The minimum absolute atomic E-state index is 0.274. The highest BCUT2D eigenvalue weighted by atomic mass is 79.9. The van der Waals surface area contributed by atoms with Crippen molar-refractivity contribution in [3.63, 3.8) is 0 Å². The van der Waals surface area contributed by atoms with Crippen LogP contribution in [0.15, 0.2) is 22.7 Å². The Hall–Kier alpha value is -0.830. The van der Waals surface area contributed by atoms with Gasteiger partial charge in [0, 0.05) is 23.1 Å². The first kappa shape index (κ1) is 12.6. The van der Waals surface area contributed by atoms with Crippen molar-refractivity contribution in [2.45, 2.75) is 39.0 Å². The van der Waals surface area contributed by atoms with Gasteiger partial charge < -0.3 is 4.90 Å². The fourth-order valence-corrected chi connectivity index (χ4v) is 2.70. The van der Waals surface area contributed by atoms with Crippen LogP contribution in [-0.2, 0) is 11.2 Å². The summed E-state index contributed by atoms with van der Waals surface area (Å²) in [5.74, 6) is 0.274. The summed E-state index contributed by atoms with van der Waals surface area (Å²) < 4.78 is 1.10. The highest BCUT2D eigenvalue weighted by molar-refractivity contribution is 9.10. The zero-order chi connectivity index (χ0) is 12.3. The number of rotatable bonds is 4. The summed E-state index contributed by atoms with van der Waals surface area (Å²) in [6, 6.07) is 6.21. The van der Waals surface area contributed by atoms with Crippen molar-refractivity contribution in [2.24, 2.45) is 0 Å². The lowest BCUT2D eigenvalue weighted by atomic mass is 10.0. The van der Waals surface area contributed by atoms with Gasteiger partial charge >= 0.3 is 0 Å². The molecule has 0 atom stereocenters. The zero-order valence-electron chi connectivity index (χ0n) is 10.2. The molecule has 0 spiro atoms. The third-order valence-corrected chi connectivity index (χ3v) is 3.72. The van der Waals surface area contributed by atoms with Gasteiger partial charge in [0.05, 0.1) is 0 Å². The lowest BCUT2D eigenvalue weighted by molar-refractivity contribution is -0.118. The van der Waals surface area contributed by atoms with Crippen LogP contribution in [0.25, 0.3) is 0 Å². The number of benzene rings is 1. The lowest BCUT2D eigenvalue weighted by Crippen LogP contribution is -2.35. The number of hydrogen-bond donors (Lipinski definition) is 0. The molecule has 92 valence electrons. The van der Waals surface area contributed by atoms with Gasteiger partial charge in [0.2, 0.25) is 5.91 Å². The van der Waals surface area contributed by atoms with Gasteiger partial charge in [0.25, 0.3) is 0 Å². The number of nitrogens with zero attached hydrogens (tertiary/aromatic N) is 1. The highest BCUT2D eigenvalue weighted by Gasteiger charge is 2.23. The van der Waals surface area contributed by atoms with Crippen molar-refractivity contribution >= 4 is 27.5 Å². The van der Waals surface area contributed by atoms with E-state index in [1.165, 1.54) is 18.4 Å². The first-order valence-electron chi connectivity index (χ1n) is 6.31. The number of aryl methyl sites for hydroxylation is 1. The molecule has 0 radical (unpaired) electrons. The molecular formula is C14H18BrNO. The van der Waals surface area contributed by atoms with Gasteiger partial charge in [-0.3, -0.25) is 4.79 Å². The molecule has 3 heteroatoms. The maximum absolute atomic E-state index is 12.0. The van der Waals surface area contributed by atoms with Gasteiger partial charge in [0.15, 0.2) is 0 Å². The summed E-state index contributed by atoms with van der Waals surface area (Å²) in [7, 11) is 0. The van der Waals surface area contributed by atoms with Crippen LogP contribution in [0.4, 0.5) is 5.69 Å². The average Bonchev–Trinajstić information content (AvgIpc) is 2.32. The lowest BCUT2D eigenvalue weighted by Gasteiger charge is -2.29. The van der Waals surface area contributed by atoms with E-state index in [2.05, 4.69) is 35.0 Å². The predicted molar refractivity (Wildman–Crippen MR) is 74.3 cm³/mol. The second-order valence-corrected chi connectivity index (χ2v) is 5.44. The van der Waals surface area contributed by atoms with Gasteiger partial charge in [-0.1, -0.05) is 35.7 Å². The normalized spacial score (nSPS) is 14.9. The monoisotopic (exact) mass is 295 g/mol. The van der Waals surface area contributed by atoms with E-state index in [9.17, 15) is 4.79 Å². The summed E-state index contributed by atoms with van der Waals surface area (Å²) in [5.41, 5.74) is 2.40. The van der Waals surface area contributed by atoms with Crippen molar-refractivity contribution in [2.75, 3.05) is 11.4 Å². The number of halogens is 1. The summed E-state index contributed by atoms with van der Waals surface area (Å²) in [6.07, 6.45) is 5.00. The number of carbonyl (C=O) groups is 1. The van der Waals surface area contributed by atoms with Gasteiger partial charge in [-0.05, 0) is 36.6 Å². The molecule has 0 N–H and O–H groups in total. The molecule has 0 aromatic heterocycles. The van der Waals surface area contributed by atoms with Crippen LogP contribution < -0.4 is 4.90 Å². The topological polar surface area (TPSA) is 20.3 Å². The van der Waals surface area contributed by atoms with Crippen LogP contribution in [0.3, 0.4) is 0 Å². The molecule has 0 saturated heterocycles. The van der Waals surface area contributed by atoms with E-state index in [1.54, 1.807) is 0 Å². The maximum atomic E-state index is 12.0. The highest BCUT2D eigenvalue weighted by Crippen LogP contribution is 2.30. The minimum atomic E-state index is 0.274. The van der Waals surface area contributed by atoms with Crippen LogP contribution in [0.1, 0.15) is 38.2 Å². The largest absolute Gasteiger partial charge is 0.312 e. The molecule has 0 unspecified atom stereocenters. The van der Waals surface area contributed by atoms with Crippen molar-refractivity contribution in [3.8, 4) is 0 Å². The van der Waals surface area contributed by atoms with E-state index in [1.807, 2.05) is 11.0 Å². The molecular weight excluding hydrogens is 278 g/mol. The smallest absolute Gasteiger partial charge is 0.227 e. The Kier molecular flexibility index (Phi) is 4.21. The SMILES string of the molecule is CCCCCN1C(=O)CCc2cc(Br)ccc21. The molecule has 1 aromatic rings. The molecule has 0 bridgehead atoms. The first-order valence-corrected chi connectivity index (χ1v) is 7.10. The van der Waals surface area contributed by atoms with Crippen LogP contribution in [0, 0.1) is 0 Å². The molecule has 1 aliphatic rings. The number of amides is 1. The van der Waals surface area contributed by atoms with E-state index in [-0.39, 0.29) is 5.91 Å². The second-order valence-electron chi connectivity index (χ2n) is 4.53. The van der Waals surface area contributed by atoms with Crippen molar-refractivity contribution in [1.29, 1.82) is 0 Å². The van der Waals surface area contributed by atoms with Crippen molar-refractivity contribution in [1.82, 2.24) is 0 Å². The molecule has 2 nitrogen and oxygen atoms in total. The molecule has 1 aliphatic heterocycles. The summed E-state index contributed by atoms with van der Waals surface area (Å²) >= 11 is 3.49. The van der Waals surface area contributed by atoms with Gasteiger partial charge in [-0.15, -0.1) is 0 Å². The Morgan fingerprint density at radius 1 is 1.29 bits per heavy atom. The third kappa shape index (κ3) is 2.89. The van der Waals surface area contributed by atoms with Gasteiger partial charge in [0.1, 0.15) is 0 Å². The molecule has 0 fully saturated rings. The number of hydrogen-bond acceptors (Lipinski definition) is 1.